The number of hydrogen-bond donors (Lipinski definition) is 1. The first kappa shape index (κ1) is 28.5. The number of nitrogens with zero attached hydrogens (tertiary/aromatic N) is 4. The normalized spacial score (nSPS) is 14.7. The molecule has 1 aliphatic carbocycles. The van der Waals surface area contributed by atoms with E-state index in [1.807, 2.05) is 0 Å². The molecule has 2 aromatic heterocycles. The van der Waals surface area contributed by atoms with Crippen LogP contribution in [-0.4, -0.2) is 45.3 Å². The van der Waals surface area contributed by atoms with Crippen molar-refractivity contribution >= 4 is 23.2 Å². The van der Waals surface area contributed by atoms with Crippen LogP contribution in [0.3, 0.4) is 0 Å². The summed E-state index contributed by atoms with van der Waals surface area (Å²) < 4.78 is 79.4. The molecule has 4 rings (SSSR count). The highest BCUT2D eigenvalue weighted by atomic mass is 32.1. The molecule has 0 aliphatic heterocycles. The van der Waals surface area contributed by atoms with Crippen LogP contribution >= 0.6 is 11.3 Å². The third kappa shape index (κ3) is 6.72. The van der Waals surface area contributed by atoms with E-state index in [2.05, 4.69) is 20.3 Å². The summed E-state index contributed by atoms with van der Waals surface area (Å²) in [6, 6.07) is -0.316. The zero-order valence-corrected chi connectivity index (χ0v) is 21.8. The minimum absolute atomic E-state index is 0.0484. The second-order valence-corrected chi connectivity index (χ2v) is 10.4. The van der Waals surface area contributed by atoms with Crippen molar-refractivity contribution in [1.29, 1.82) is 0 Å². The van der Waals surface area contributed by atoms with Gasteiger partial charge in [0.05, 0.1) is 34.8 Å². The Labute approximate surface area is 223 Å². The van der Waals surface area contributed by atoms with Crippen LogP contribution in [0.5, 0.6) is 0 Å². The first-order valence-corrected chi connectivity index (χ1v) is 12.6. The lowest BCUT2D eigenvalue weighted by Gasteiger charge is -2.18. The average Bonchev–Trinajstić information content (AvgIpc) is 3.53. The molecule has 1 N–H and O–H groups in total. The second kappa shape index (κ2) is 10.5. The van der Waals surface area contributed by atoms with Crippen molar-refractivity contribution in [3.05, 3.63) is 63.5 Å². The number of carbonyl (C=O) groups is 2. The van der Waals surface area contributed by atoms with Gasteiger partial charge in [-0.2, -0.15) is 26.3 Å². The molecule has 0 spiro atoms. The number of thiazole rings is 1. The highest BCUT2D eigenvalue weighted by molar-refractivity contribution is 7.16. The lowest BCUT2D eigenvalue weighted by Crippen LogP contribution is -2.28. The van der Waals surface area contributed by atoms with E-state index in [1.165, 1.54) is 19.3 Å². The molecule has 1 atom stereocenters. The molecule has 1 aromatic carbocycles. The smallest absolute Gasteiger partial charge is 0.344 e. The molecule has 14 heteroatoms. The highest BCUT2D eigenvalue weighted by Crippen LogP contribution is 2.37. The van der Waals surface area contributed by atoms with E-state index in [4.69, 9.17) is 0 Å². The van der Waals surface area contributed by atoms with Gasteiger partial charge in [-0.1, -0.05) is 0 Å². The van der Waals surface area contributed by atoms with Crippen molar-refractivity contribution in [2.75, 3.05) is 13.6 Å². The quantitative estimate of drug-likeness (QED) is 0.356. The minimum atomic E-state index is -5.09. The van der Waals surface area contributed by atoms with Crippen molar-refractivity contribution in [2.45, 2.75) is 45.1 Å². The molecule has 3 aromatic rings. The highest BCUT2D eigenvalue weighted by Gasteiger charge is 2.37. The Bertz CT molecular complexity index is 1370. The molecule has 208 valence electrons. The molecule has 0 radical (unpaired) electrons. The average molecular weight is 572 g/mol. The SMILES string of the molecule is Cc1cnc(C(C)NC(=O)c2cc(C(F)(F)F)cc(C(F)(F)F)c2)c(-c2ncc(C(=O)N(C)CC3CC3)s2)n1. The van der Waals surface area contributed by atoms with Crippen LogP contribution in [0, 0.1) is 12.8 Å². The summed E-state index contributed by atoms with van der Waals surface area (Å²) in [5.41, 5.74) is -3.11. The fourth-order valence-electron chi connectivity index (χ4n) is 3.84. The summed E-state index contributed by atoms with van der Waals surface area (Å²) >= 11 is 1.07. The van der Waals surface area contributed by atoms with Crippen LogP contribution < -0.4 is 5.32 Å². The topological polar surface area (TPSA) is 88.1 Å². The van der Waals surface area contributed by atoms with E-state index in [0.717, 1.165) is 24.2 Å². The van der Waals surface area contributed by atoms with Crippen LogP contribution in [-0.2, 0) is 12.4 Å². The number of aromatic nitrogens is 3. The molecular formula is C25H23F6N5O2S. The first-order chi connectivity index (χ1) is 18.1. The van der Waals surface area contributed by atoms with Crippen molar-refractivity contribution in [1.82, 2.24) is 25.2 Å². The Hall–Kier alpha value is -3.55. The zero-order valence-electron chi connectivity index (χ0n) is 20.9. The fraction of sp³-hybridized carbons (Fsp3) is 0.400. The number of alkyl halides is 6. The minimum Gasteiger partial charge on any atom is -0.344 e. The lowest BCUT2D eigenvalue weighted by atomic mass is 10.0. The molecule has 0 saturated heterocycles. The van der Waals surface area contributed by atoms with Gasteiger partial charge in [0.15, 0.2) is 0 Å². The third-order valence-electron chi connectivity index (χ3n) is 6.02. The number of nitrogens with one attached hydrogen (secondary N) is 1. The Balaban J connectivity index is 1.60. The largest absolute Gasteiger partial charge is 0.416 e. The number of carbonyl (C=O) groups excluding carboxylic acids is 2. The number of amides is 2. The predicted octanol–water partition coefficient (Wildman–Crippen LogP) is 5.92. The molecule has 1 saturated carbocycles. The van der Waals surface area contributed by atoms with Crippen LogP contribution in [0.2, 0.25) is 0 Å². The predicted molar refractivity (Wildman–Crippen MR) is 130 cm³/mol. The van der Waals surface area contributed by atoms with Crippen LogP contribution in [0.15, 0.2) is 30.6 Å². The first-order valence-electron chi connectivity index (χ1n) is 11.8. The zero-order chi connectivity index (χ0) is 28.7. The van der Waals surface area contributed by atoms with Crippen molar-refractivity contribution in [3.63, 3.8) is 0 Å². The van der Waals surface area contributed by atoms with Crippen LogP contribution in [0.1, 0.15) is 68.4 Å². The van der Waals surface area contributed by atoms with Crippen molar-refractivity contribution in [2.24, 2.45) is 5.92 Å². The Morgan fingerprint density at radius 1 is 1.05 bits per heavy atom. The Morgan fingerprint density at radius 2 is 1.67 bits per heavy atom. The number of aryl methyl sites for hydroxylation is 1. The maximum atomic E-state index is 13.2. The van der Waals surface area contributed by atoms with E-state index in [1.54, 1.807) is 18.9 Å². The van der Waals surface area contributed by atoms with Gasteiger partial charge in [-0.3, -0.25) is 14.6 Å². The molecule has 1 unspecified atom stereocenters. The standard InChI is InChI=1S/C25H23F6N5O2S/c1-12-9-32-19(20(34-12)22-33-10-18(39-22)23(38)36(3)11-14-4-5-14)13(2)35-21(37)15-6-16(24(26,27)28)8-17(7-15)25(29,30)31/h6-10,13-14H,4-5,11H2,1-3H3,(H,35,37). The van der Waals surface area contributed by atoms with Crippen molar-refractivity contribution < 1.29 is 35.9 Å². The monoisotopic (exact) mass is 571 g/mol. The summed E-state index contributed by atoms with van der Waals surface area (Å²) in [7, 11) is 1.70. The van der Waals surface area contributed by atoms with Gasteiger partial charge < -0.3 is 10.2 Å². The van der Waals surface area contributed by atoms with E-state index in [0.29, 0.717) is 40.2 Å². The van der Waals surface area contributed by atoms with Gasteiger partial charge in [-0.25, -0.2) is 9.97 Å². The number of benzene rings is 1. The van der Waals surface area contributed by atoms with Gasteiger partial charge >= 0.3 is 12.4 Å². The Kier molecular flexibility index (Phi) is 7.70. The third-order valence-corrected chi connectivity index (χ3v) is 7.02. The van der Waals surface area contributed by atoms with Gasteiger partial charge in [0, 0.05) is 25.4 Å². The number of hydrogen-bond acceptors (Lipinski definition) is 6. The maximum Gasteiger partial charge on any atom is 0.416 e. The van der Waals surface area contributed by atoms with Gasteiger partial charge in [-0.05, 0) is 50.8 Å². The van der Waals surface area contributed by atoms with E-state index < -0.39 is 41.0 Å². The molecular weight excluding hydrogens is 548 g/mol. The van der Waals surface area contributed by atoms with Crippen LogP contribution in [0.4, 0.5) is 26.3 Å². The molecule has 2 heterocycles. The molecule has 0 bridgehead atoms. The van der Waals surface area contributed by atoms with Gasteiger partial charge in [0.1, 0.15) is 15.6 Å². The molecule has 1 fully saturated rings. The summed E-state index contributed by atoms with van der Waals surface area (Å²) in [5.74, 6) is -0.877. The van der Waals surface area contributed by atoms with E-state index in [-0.39, 0.29) is 23.4 Å². The summed E-state index contributed by atoms with van der Waals surface area (Å²) in [6.45, 7) is 3.76. The van der Waals surface area contributed by atoms with E-state index in [9.17, 15) is 35.9 Å². The molecule has 1 aliphatic rings. The van der Waals surface area contributed by atoms with Crippen LogP contribution in [0.25, 0.3) is 10.7 Å². The summed E-state index contributed by atoms with van der Waals surface area (Å²) in [5, 5.41) is 2.72. The molecule has 2 amide bonds. The fourth-order valence-corrected chi connectivity index (χ4v) is 4.75. The van der Waals surface area contributed by atoms with Gasteiger partial charge in [0.2, 0.25) is 0 Å². The number of rotatable bonds is 7. The van der Waals surface area contributed by atoms with Gasteiger partial charge in [-0.15, -0.1) is 11.3 Å². The summed E-state index contributed by atoms with van der Waals surface area (Å²) in [6.07, 6.45) is -5.22. The molecule has 7 nitrogen and oxygen atoms in total. The summed E-state index contributed by atoms with van der Waals surface area (Å²) in [4.78, 5) is 40.6. The lowest BCUT2D eigenvalue weighted by molar-refractivity contribution is -0.143. The molecule has 39 heavy (non-hydrogen) atoms. The van der Waals surface area contributed by atoms with Gasteiger partial charge in [0.25, 0.3) is 11.8 Å². The maximum absolute atomic E-state index is 13.2. The second-order valence-electron chi connectivity index (χ2n) is 9.39. The number of halogens is 6. The van der Waals surface area contributed by atoms with Crippen molar-refractivity contribution in [3.8, 4) is 10.7 Å². The van der Waals surface area contributed by atoms with E-state index >= 15 is 0 Å². The Morgan fingerprint density at radius 3 is 2.23 bits per heavy atom.